The molecule has 0 fully saturated rings. The molecule has 0 bridgehead atoms. The highest BCUT2D eigenvalue weighted by Crippen LogP contribution is 2.14. The monoisotopic (exact) mass is 215 g/mol. The van der Waals surface area contributed by atoms with Gasteiger partial charge in [0, 0.05) is 0 Å². The third kappa shape index (κ3) is 5.10. The van der Waals surface area contributed by atoms with E-state index in [0.717, 1.165) is 0 Å². The van der Waals surface area contributed by atoms with Gasteiger partial charge >= 0.3 is 5.97 Å². The smallest absolute Gasteiger partial charge is 0.332 e. The number of hydrogen-bond acceptors (Lipinski definition) is 4. The zero-order valence-electron chi connectivity index (χ0n) is 9.33. The number of carbonyl (C=O) groups is 1. The first-order chi connectivity index (χ1) is 6.28. The standard InChI is InChI=1S/C10H17NO2S/c1-7(2)8(11-6-14)9(12)13-10(3,4)5/h7-8H,1-5H3/t8-/m1/s1. The van der Waals surface area contributed by atoms with Crippen molar-refractivity contribution < 1.29 is 9.53 Å². The molecule has 4 heteroatoms. The van der Waals surface area contributed by atoms with Gasteiger partial charge in [-0.3, -0.25) is 0 Å². The number of esters is 1. The molecule has 0 aliphatic heterocycles. The van der Waals surface area contributed by atoms with Crippen molar-refractivity contribution in [2.45, 2.75) is 46.3 Å². The van der Waals surface area contributed by atoms with Crippen molar-refractivity contribution in [1.82, 2.24) is 0 Å². The van der Waals surface area contributed by atoms with Crippen LogP contribution in [0.4, 0.5) is 0 Å². The predicted molar refractivity (Wildman–Crippen MR) is 59.5 cm³/mol. The van der Waals surface area contributed by atoms with Crippen LogP contribution in [0.15, 0.2) is 4.99 Å². The Morgan fingerprint density at radius 2 is 1.93 bits per heavy atom. The van der Waals surface area contributed by atoms with Gasteiger partial charge in [-0.05, 0) is 38.9 Å². The minimum Gasteiger partial charge on any atom is -0.458 e. The summed E-state index contributed by atoms with van der Waals surface area (Å²) in [6, 6.07) is -0.535. The molecule has 0 radical (unpaired) electrons. The molecular weight excluding hydrogens is 198 g/mol. The third-order valence-corrected chi connectivity index (χ3v) is 1.58. The maximum atomic E-state index is 11.6. The fraction of sp³-hybridized carbons (Fsp3) is 0.800. The van der Waals surface area contributed by atoms with Crippen LogP contribution in [0, 0.1) is 5.92 Å². The van der Waals surface area contributed by atoms with Crippen molar-refractivity contribution >= 4 is 23.3 Å². The van der Waals surface area contributed by atoms with Gasteiger partial charge in [-0.1, -0.05) is 13.8 Å². The summed E-state index contributed by atoms with van der Waals surface area (Å²) in [7, 11) is 0. The molecule has 0 aliphatic carbocycles. The zero-order valence-corrected chi connectivity index (χ0v) is 10.1. The second kappa shape index (κ2) is 5.23. The Labute approximate surface area is 90.6 Å². The van der Waals surface area contributed by atoms with Gasteiger partial charge in [0.05, 0.1) is 5.16 Å². The highest BCUT2D eigenvalue weighted by Gasteiger charge is 2.26. The molecule has 0 aliphatic rings. The van der Waals surface area contributed by atoms with Crippen LogP contribution in [0.5, 0.6) is 0 Å². The molecule has 0 unspecified atom stereocenters. The van der Waals surface area contributed by atoms with E-state index in [9.17, 15) is 4.79 Å². The van der Waals surface area contributed by atoms with E-state index in [1.54, 1.807) is 0 Å². The maximum Gasteiger partial charge on any atom is 0.332 e. The normalized spacial score (nSPS) is 13.3. The first-order valence-corrected chi connectivity index (χ1v) is 4.98. The number of hydrogen-bond donors (Lipinski definition) is 0. The number of thiocarbonyl (C=S) groups is 1. The predicted octanol–water partition coefficient (Wildman–Crippen LogP) is 2.46. The Morgan fingerprint density at radius 1 is 1.43 bits per heavy atom. The molecule has 3 nitrogen and oxygen atoms in total. The summed E-state index contributed by atoms with van der Waals surface area (Å²) >= 11 is 4.48. The summed E-state index contributed by atoms with van der Waals surface area (Å²) in [5.74, 6) is -0.273. The van der Waals surface area contributed by atoms with E-state index in [1.807, 2.05) is 34.6 Å². The van der Waals surface area contributed by atoms with Gasteiger partial charge in [-0.2, -0.15) is 0 Å². The van der Waals surface area contributed by atoms with Crippen LogP contribution in [-0.2, 0) is 9.53 Å². The lowest BCUT2D eigenvalue weighted by atomic mass is 10.1. The minimum absolute atomic E-state index is 0.0697. The van der Waals surface area contributed by atoms with Crippen LogP contribution >= 0.6 is 12.2 Å². The van der Waals surface area contributed by atoms with E-state index in [2.05, 4.69) is 22.4 Å². The SMILES string of the molecule is CC(C)[C@@H](N=C=S)C(=O)OC(C)(C)C. The summed E-state index contributed by atoms with van der Waals surface area (Å²) in [6.45, 7) is 9.26. The van der Waals surface area contributed by atoms with Crippen molar-refractivity contribution in [3.05, 3.63) is 0 Å². The lowest BCUT2D eigenvalue weighted by Gasteiger charge is -2.23. The Morgan fingerprint density at radius 3 is 2.21 bits per heavy atom. The molecule has 0 saturated heterocycles. The van der Waals surface area contributed by atoms with E-state index in [0.29, 0.717) is 0 Å². The molecule has 0 amide bonds. The molecule has 0 N–H and O–H groups in total. The molecule has 14 heavy (non-hydrogen) atoms. The van der Waals surface area contributed by atoms with Gasteiger partial charge in [-0.15, -0.1) is 0 Å². The quantitative estimate of drug-likeness (QED) is 0.412. The van der Waals surface area contributed by atoms with Crippen LogP contribution < -0.4 is 0 Å². The Hall–Kier alpha value is -0.730. The maximum absolute atomic E-state index is 11.6. The van der Waals surface area contributed by atoms with E-state index in [-0.39, 0.29) is 11.9 Å². The molecule has 0 aromatic rings. The van der Waals surface area contributed by atoms with Crippen molar-refractivity contribution in [2.75, 3.05) is 0 Å². The number of aliphatic imine (C=N–C) groups is 1. The molecule has 0 aromatic heterocycles. The largest absolute Gasteiger partial charge is 0.458 e. The minimum atomic E-state index is -0.535. The third-order valence-electron chi connectivity index (χ3n) is 1.47. The summed E-state index contributed by atoms with van der Waals surface area (Å²) in [4.78, 5) is 15.4. The lowest BCUT2D eigenvalue weighted by molar-refractivity contribution is -0.157. The van der Waals surface area contributed by atoms with Crippen LogP contribution in [0.1, 0.15) is 34.6 Å². The van der Waals surface area contributed by atoms with Gasteiger partial charge in [0.2, 0.25) is 0 Å². The van der Waals surface area contributed by atoms with Gasteiger partial charge in [0.1, 0.15) is 5.60 Å². The molecule has 0 rings (SSSR count). The topological polar surface area (TPSA) is 38.7 Å². The highest BCUT2D eigenvalue weighted by molar-refractivity contribution is 7.78. The average molecular weight is 215 g/mol. The first kappa shape index (κ1) is 13.3. The lowest BCUT2D eigenvalue weighted by Crippen LogP contribution is -2.33. The number of nitrogens with zero attached hydrogens (tertiary/aromatic N) is 1. The van der Waals surface area contributed by atoms with Crippen molar-refractivity contribution in [2.24, 2.45) is 10.9 Å². The van der Waals surface area contributed by atoms with Crippen LogP contribution in [0.25, 0.3) is 0 Å². The Balaban J connectivity index is 4.54. The second-order valence-electron chi connectivity index (χ2n) is 4.44. The molecule has 1 atom stereocenters. The van der Waals surface area contributed by atoms with Crippen molar-refractivity contribution in [3.8, 4) is 0 Å². The fourth-order valence-corrected chi connectivity index (χ4v) is 1.01. The number of isothiocyanates is 1. The zero-order chi connectivity index (χ0) is 11.4. The summed E-state index contributed by atoms with van der Waals surface area (Å²) in [5.41, 5.74) is -0.485. The van der Waals surface area contributed by atoms with Crippen molar-refractivity contribution in [1.29, 1.82) is 0 Å². The average Bonchev–Trinajstić information content (AvgIpc) is 1.95. The molecule has 0 heterocycles. The summed E-state index contributed by atoms with van der Waals surface area (Å²) < 4.78 is 5.19. The van der Waals surface area contributed by atoms with Gasteiger partial charge in [0.15, 0.2) is 6.04 Å². The second-order valence-corrected chi connectivity index (χ2v) is 4.63. The van der Waals surface area contributed by atoms with E-state index in [4.69, 9.17) is 4.74 Å². The van der Waals surface area contributed by atoms with Gasteiger partial charge in [0.25, 0.3) is 0 Å². The van der Waals surface area contributed by atoms with Crippen LogP contribution in [0.2, 0.25) is 0 Å². The Bertz CT molecular complexity index is 249. The first-order valence-electron chi connectivity index (χ1n) is 4.58. The summed E-state index contributed by atoms with van der Waals surface area (Å²) in [6.07, 6.45) is 0. The highest BCUT2D eigenvalue weighted by atomic mass is 32.1. The fourth-order valence-electron chi connectivity index (χ4n) is 0.893. The molecular formula is C10H17NO2S. The number of rotatable bonds is 3. The van der Waals surface area contributed by atoms with Crippen LogP contribution in [-0.4, -0.2) is 22.8 Å². The van der Waals surface area contributed by atoms with E-state index >= 15 is 0 Å². The number of ether oxygens (including phenoxy) is 1. The Kier molecular flexibility index (Phi) is 4.95. The van der Waals surface area contributed by atoms with E-state index < -0.39 is 11.6 Å². The molecule has 0 saturated carbocycles. The van der Waals surface area contributed by atoms with Crippen LogP contribution in [0.3, 0.4) is 0 Å². The number of carbonyl (C=O) groups excluding carboxylic acids is 1. The van der Waals surface area contributed by atoms with Gasteiger partial charge in [-0.25, -0.2) is 9.79 Å². The molecule has 80 valence electrons. The molecule has 0 aromatic carbocycles. The summed E-state index contributed by atoms with van der Waals surface area (Å²) in [5, 5.41) is 2.22. The van der Waals surface area contributed by atoms with E-state index in [1.165, 1.54) is 0 Å². The van der Waals surface area contributed by atoms with Crippen molar-refractivity contribution in [3.63, 3.8) is 0 Å². The molecule has 0 spiro atoms. The van der Waals surface area contributed by atoms with Gasteiger partial charge < -0.3 is 4.74 Å².